The molecule has 3 rings (SSSR count). The minimum atomic E-state index is -0.940. The van der Waals surface area contributed by atoms with E-state index >= 15 is 0 Å². The number of aliphatic imine (C=N–C) groups is 1. The molecule has 120 valence electrons. The Bertz CT molecular complexity index is 733. The first kappa shape index (κ1) is 15.6. The van der Waals surface area contributed by atoms with E-state index in [9.17, 15) is 10.2 Å². The molecule has 1 aliphatic heterocycles. The molecule has 23 heavy (non-hydrogen) atoms. The van der Waals surface area contributed by atoms with Crippen LogP contribution in [-0.2, 0) is 0 Å². The molecule has 7 heteroatoms. The molecule has 0 saturated carbocycles. The number of aromatic hydroxyl groups is 1. The maximum Gasteiger partial charge on any atom is 0.205 e. The summed E-state index contributed by atoms with van der Waals surface area (Å²) in [6, 6.07) is 11.9. The molecule has 0 aliphatic carbocycles. The van der Waals surface area contributed by atoms with E-state index in [-0.39, 0.29) is 5.75 Å². The summed E-state index contributed by atoms with van der Waals surface area (Å²) in [4.78, 5) is 6.05. The van der Waals surface area contributed by atoms with Crippen molar-refractivity contribution in [3.63, 3.8) is 0 Å². The largest absolute Gasteiger partial charge is 0.508 e. The number of guanidine groups is 1. The van der Waals surface area contributed by atoms with E-state index in [1.54, 1.807) is 41.3 Å². The van der Waals surface area contributed by atoms with Crippen molar-refractivity contribution in [3.8, 4) is 5.75 Å². The van der Waals surface area contributed by atoms with Crippen LogP contribution < -0.4 is 16.0 Å². The molecule has 5 N–H and O–H groups in total. The number of hydrogen-bond acceptors (Lipinski definition) is 4. The van der Waals surface area contributed by atoms with Crippen molar-refractivity contribution in [2.75, 3.05) is 23.3 Å². The standard InChI is InChI=1S/C16H17ClN4O2/c17-10-1-3-11(4-2-10)21-15(23)13-6-5-12(22)9-14(13)20-16(21)19-8-7-18/h1-6,9,15,22-23H,7-8,18H2,(H,19,20). The van der Waals surface area contributed by atoms with E-state index < -0.39 is 6.23 Å². The molecule has 0 saturated heterocycles. The first-order chi connectivity index (χ1) is 11.1. The summed E-state index contributed by atoms with van der Waals surface area (Å²) >= 11 is 5.93. The van der Waals surface area contributed by atoms with Crippen molar-refractivity contribution in [1.82, 2.24) is 0 Å². The van der Waals surface area contributed by atoms with Gasteiger partial charge in [-0.15, -0.1) is 0 Å². The summed E-state index contributed by atoms with van der Waals surface area (Å²) in [7, 11) is 0. The normalized spacial score (nSPS) is 18.7. The van der Waals surface area contributed by atoms with Gasteiger partial charge in [0.1, 0.15) is 5.75 Å². The van der Waals surface area contributed by atoms with E-state index in [0.717, 1.165) is 5.69 Å². The second-order valence-electron chi connectivity index (χ2n) is 5.11. The van der Waals surface area contributed by atoms with E-state index in [1.165, 1.54) is 6.07 Å². The van der Waals surface area contributed by atoms with Crippen LogP contribution in [-0.4, -0.2) is 29.3 Å². The second kappa shape index (κ2) is 6.45. The van der Waals surface area contributed by atoms with Crippen LogP contribution in [0.4, 0.5) is 11.4 Å². The van der Waals surface area contributed by atoms with Crippen LogP contribution in [0.5, 0.6) is 5.75 Å². The van der Waals surface area contributed by atoms with E-state index in [2.05, 4.69) is 10.3 Å². The monoisotopic (exact) mass is 332 g/mol. The number of nitrogens with two attached hydrogens (primary N) is 1. The second-order valence-corrected chi connectivity index (χ2v) is 5.55. The molecular formula is C16H17ClN4O2. The van der Waals surface area contributed by atoms with Crippen LogP contribution in [0.15, 0.2) is 47.5 Å². The Morgan fingerprint density at radius 2 is 1.96 bits per heavy atom. The van der Waals surface area contributed by atoms with Gasteiger partial charge in [0.25, 0.3) is 0 Å². The predicted molar refractivity (Wildman–Crippen MR) is 92.0 cm³/mol. The van der Waals surface area contributed by atoms with Crippen LogP contribution in [0.25, 0.3) is 0 Å². The van der Waals surface area contributed by atoms with Gasteiger partial charge in [0.05, 0.1) is 12.2 Å². The lowest BCUT2D eigenvalue weighted by Gasteiger charge is -2.37. The average Bonchev–Trinajstić information content (AvgIpc) is 2.54. The Kier molecular flexibility index (Phi) is 4.38. The number of aliphatic hydroxyl groups is 1. The summed E-state index contributed by atoms with van der Waals surface area (Å²) < 4.78 is 0. The maximum absolute atomic E-state index is 10.8. The molecule has 2 aromatic carbocycles. The fourth-order valence-electron chi connectivity index (χ4n) is 2.46. The number of phenolic OH excluding ortho intramolecular Hbond substituents is 1. The topological polar surface area (TPSA) is 94.1 Å². The summed E-state index contributed by atoms with van der Waals surface area (Å²) in [6.45, 7) is 0.802. The number of aliphatic hydroxyl groups excluding tert-OH is 1. The third-order valence-electron chi connectivity index (χ3n) is 3.53. The van der Waals surface area contributed by atoms with Crippen molar-refractivity contribution in [3.05, 3.63) is 53.1 Å². The zero-order chi connectivity index (χ0) is 16.4. The quantitative estimate of drug-likeness (QED) is 0.692. The lowest BCUT2D eigenvalue weighted by atomic mass is 10.1. The van der Waals surface area contributed by atoms with Gasteiger partial charge in [0.15, 0.2) is 6.23 Å². The summed E-state index contributed by atoms with van der Waals surface area (Å²) in [5.41, 5.74) is 7.52. The number of benzene rings is 2. The highest BCUT2D eigenvalue weighted by Crippen LogP contribution is 2.36. The summed E-state index contributed by atoms with van der Waals surface area (Å²) in [6.07, 6.45) is -0.940. The highest BCUT2D eigenvalue weighted by atomic mass is 35.5. The molecule has 1 aliphatic rings. The fourth-order valence-corrected chi connectivity index (χ4v) is 2.59. The fraction of sp³-hybridized carbons (Fsp3) is 0.188. The third kappa shape index (κ3) is 3.10. The predicted octanol–water partition coefficient (Wildman–Crippen LogP) is 2.28. The van der Waals surface area contributed by atoms with Crippen molar-refractivity contribution < 1.29 is 10.2 Å². The molecule has 1 unspecified atom stereocenters. The number of halogens is 1. The van der Waals surface area contributed by atoms with Crippen molar-refractivity contribution >= 4 is 28.9 Å². The van der Waals surface area contributed by atoms with Crippen LogP contribution in [0.2, 0.25) is 5.02 Å². The van der Waals surface area contributed by atoms with Gasteiger partial charge in [0.2, 0.25) is 5.96 Å². The average molecular weight is 333 g/mol. The van der Waals surface area contributed by atoms with Gasteiger partial charge < -0.3 is 21.3 Å². The zero-order valence-electron chi connectivity index (χ0n) is 12.3. The summed E-state index contributed by atoms with van der Waals surface area (Å²) in [5, 5.41) is 24.1. The Labute approximate surface area is 138 Å². The van der Waals surface area contributed by atoms with Gasteiger partial charge in [-0.05, 0) is 36.4 Å². The van der Waals surface area contributed by atoms with Gasteiger partial charge in [-0.3, -0.25) is 9.89 Å². The zero-order valence-corrected chi connectivity index (χ0v) is 13.0. The number of rotatable bonds is 3. The van der Waals surface area contributed by atoms with Crippen LogP contribution >= 0.6 is 11.6 Å². The highest BCUT2D eigenvalue weighted by Gasteiger charge is 2.30. The number of hydrogen-bond donors (Lipinski definition) is 4. The van der Waals surface area contributed by atoms with Gasteiger partial charge in [-0.1, -0.05) is 11.6 Å². The van der Waals surface area contributed by atoms with E-state index in [1.807, 2.05) is 0 Å². The van der Waals surface area contributed by atoms with Gasteiger partial charge in [0, 0.05) is 28.9 Å². The molecule has 0 bridgehead atoms. The highest BCUT2D eigenvalue weighted by molar-refractivity contribution is 6.30. The smallest absolute Gasteiger partial charge is 0.205 e. The van der Waals surface area contributed by atoms with Crippen LogP contribution in [0.3, 0.4) is 0 Å². The lowest BCUT2D eigenvalue weighted by molar-refractivity contribution is 0.186. The SMILES string of the molecule is NCCN=C1Nc2cc(O)ccc2C(O)N1c1ccc(Cl)cc1. The molecule has 0 radical (unpaired) electrons. The third-order valence-corrected chi connectivity index (χ3v) is 3.78. The van der Waals surface area contributed by atoms with Gasteiger partial charge in [-0.25, -0.2) is 0 Å². The van der Waals surface area contributed by atoms with Crippen LogP contribution in [0.1, 0.15) is 11.8 Å². The Balaban J connectivity index is 2.07. The number of fused-ring (bicyclic) bond motifs is 1. The number of nitrogens with one attached hydrogen (secondary N) is 1. The molecule has 0 amide bonds. The van der Waals surface area contributed by atoms with E-state index in [0.29, 0.717) is 35.3 Å². The Hall–Kier alpha value is -2.28. The van der Waals surface area contributed by atoms with Crippen molar-refractivity contribution in [2.24, 2.45) is 10.7 Å². The Morgan fingerprint density at radius 1 is 1.22 bits per heavy atom. The van der Waals surface area contributed by atoms with Gasteiger partial charge in [-0.2, -0.15) is 0 Å². The number of nitrogens with zero attached hydrogens (tertiary/aromatic N) is 2. The first-order valence-electron chi connectivity index (χ1n) is 7.17. The number of anilines is 2. The van der Waals surface area contributed by atoms with Gasteiger partial charge >= 0.3 is 0 Å². The number of phenols is 1. The molecule has 6 nitrogen and oxygen atoms in total. The Morgan fingerprint density at radius 3 is 2.65 bits per heavy atom. The lowest BCUT2D eigenvalue weighted by Crippen LogP contribution is -2.44. The van der Waals surface area contributed by atoms with Crippen molar-refractivity contribution in [1.29, 1.82) is 0 Å². The maximum atomic E-state index is 10.8. The molecule has 1 atom stereocenters. The molecule has 0 fully saturated rings. The molecule has 1 heterocycles. The molecule has 0 aromatic heterocycles. The van der Waals surface area contributed by atoms with E-state index in [4.69, 9.17) is 17.3 Å². The minimum absolute atomic E-state index is 0.113. The molecular weight excluding hydrogens is 316 g/mol. The summed E-state index contributed by atoms with van der Waals surface area (Å²) in [5.74, 6) is 0.574. The molecule has 2 aromatic rings. The molecule has 0 spiro atoms. The van der Waals surface area contributed by atoms with Crippen LogP contribution in [0, 0.1) is 0 Å². The first-order valence-corrected chi connectivity index (χ1v) is 7.55. The van der Waals surface area contributed by atoms with Crippen molar-refractivity contribution in [2.45, 2.75) is 6.23 Å². The minimum Gasteiger partial charge on any atom is -0.508 e.